The summed E-state index contributed by atoms with van der Waals surface area (Å²) in [6.07, 6.45) is 6.29. The molecule has 5 aliphatic rings. The van der Waals surface area contributed by atoms with Gasteiger partial charge in [-0.2, -0.15) is 0 Å². The molecule has 0 spiro atoms. The quantitative estimate of drug-likeness (QED) is 0.192. The summed E-state index contributed by atoms with van der Waals surface area (Å²) in [6, 6.07) is 5.78. The lowest BCUT2D eigenvalue weighted by Crippen LogP contribution is -2.65. The number of ether oxygens (including phenoxy) is 1. The van der Waals surface area contributed by atoms with Crippen LogP contribution in [0.5, 0.6) is 0 Å². The Morgan fingerprint density at radius 3 is 2.26 bits per heavy atom. The number of piperidine rings is 1. The van der Waals surface area contributed by atoms with E-state index in [1.165, 1.54) is 4.90 Å². The minimum atomic E-state index is -1.20. The number of nitrogens with zero attached hydrogens (tertiary/aromatic N) is 1. The van der Waals surface area contributed by atoms with Crippen LogP contribution in [0.4, 0.5) is 4.79 Å². The van der Waals surface area contributed by atoms with Gasteiger partial charge in [0.1, 0.15) is 24.2 Å². The van der Waals surface area contributed by atoms with Crippen molar-refractivity contribution in [1.29, 1.82) is 0 Å². The third-order valence-corrected chi connectivity index (χ3v) is 12.6. The van der Waals surface area contributed by atoms with Gasteiger partial charge >= 0.3 is 12.0 Å². The van der Waals surface area contributed by atoms with Crippen LogP contribution in [0.3, 0.4) is 0 Å². The second kappa shape index (κ2) is 13.3. The Labute approximate surface area is 294 Å². The number of urea groups is 1. The van der Waals surface area contributed by atoms with E-state index in [-0.39, 0.29) is 35.7 Å². The molecule has 1 aliphatic heterocycles. The predicted molar refractivity (Wildman–Crippen MR) is 184 cm³/mol. The van der Waals surface area contributed by atoms with Crippen LogP contribution in [0.2, 0.25) is 0 Å². The van der Waals surface area contributed by atoms with Gasteiger partial charge < -0.3 is 31.3 Å². The van der Waals surface area contributed by atoms with Crippen LogP contribution in [0.25, 0.3) is 0 Å². The van der Waals surface area contributed by atoms with Gasteiger partial charge in [0, 0.05) is 6.54 Å². The number of hydrogen-bond donors (Lipinski definition) is 4. The highest BCUT2D eigenvalue weighted by Crippen LogP contribution is 2.65. The largest absolute Gasteiger partial charge is 0.459 e. The first-order chi connectivity index (χ1) is 23.5. The number of Topliss-reactive ketones (excluding diaryl/α,β-unsaturated/α-hetero) is 1. The highest BCUT2D eigenvalue weighted by Gasteiger charge is 2.70. The van der Waals surface area contributed by atoms with Gasteiger partial charge in [0.05, 0.1) is 6.04 Å². The minimum Gasteiger partial charge on any atom is -0.459 e. The van der Waals surface area contributed by atoms with E-state index in [9.17, 15) is 28.8 Å². The molecule has 5 amide bonds. The molecule has 6 rings (SSSR count). The van der Waals surface area contributed by atoms with E-state index in [0.29, 0.717) is 25.3 Å². The number of carbonyl (C=O) groups excluding carboxylic acids is 6. The molecule has 272 valence electrons. The number of fused-ring (bicyclic) bond motifs is 3. The third kappa shape index (κ3) is 6.74. The smallest absolute Gasteiger partial charge is 0.332 e. The zero-order valence-corrected chi connectivity index (χ0v) is 30.0. The summed E-state index contributed by atoms with van der Waals surface area (Å²) in [6.45, 7) is 10.1. The van der Waals surface area contributed by atoms with Crippen molar-refractivity contribution in [3.8, 4) is 0 Å². The molecule has 1 saturated heterocycles. The molecule has 0 aromatic heterocycles. The Balaban J connectivity index is 1.18. The number of esters is 1. The lowest BCUT2D eigenvalue weighted by molar-refractivity contribution is -0.155. The molecule has 5 N–H and O–H groups in total. The maximum atomic E-state index is 14.5. The molecule has 0 radical (unpaired) electrons. The number of amides is 5. The fraction of sp³-hybridized carbons (Fsp3) is 0.684. The average molecular weight is 692 g/mol. The fourth-order valence-corrected chi connectivity index (χ4v) is 9.36. The topological polar surface area (TPSA) is 177 Å². The van der Waals surface area contributed by atoms with Gasteiger partial charge in [0.25, 0.3) is 5.91 Å². The minimum absolute atomic E-state index is 0.0604. The van der Waals surface area contributed by atoms with Crippen LogP contribution >= 0.6 is 0 Å². The summed E-state index contributed by atoms with van der Waals surface area (Å²) in [5, 5.41) is 8.71. The van der Waals surface area contributed by atoms with Crippen LogP contribution < -0.4 is 21.7 Å². The second-order valence-corrected chi connectivity index (χ2v) is 17.2. The zero-order valence-electron chi connectivity index (χ0n) is 30.0. The molecule has 5 fully saturated rings. The molecule has 2 bridgehead atoms. The summed E-state index contributed by atoms with van der Waals surface area (Å²) in [5.74, 6) is -2.94. The van der Waals surface area contributed by atoms with E-state index in [2.05, 4.69) is 29.8 Å². The van der Waals surface area contributed by atoms with Crippen molar-refractivity contribution < 1.29 is 33.5 Å². The average Bonchev–Trinajstić information content (AvgIpc) is 3.54. The summed E-state index contributed by atoms with van der Waals surface area (Å²) >= 11 is 0. The predicted octanol–water partition coefficient (Wildman–Crippen LogP) is 3.21. The monoisotopic (exact) mass is 691 g/mol. The molecule has 12 heteroatoms. The maximum Gasteiger partial charge on any atom is 0.332 e. The van der Waals surface area contributed by atoms with Crippen molar-refractivity contribution in [2.24, 2.45) is 46.2 Å². The van der Waals surface area contributed by atoms with Gasteiger partial charge in [0.15, 0.2) is 0 Å². The summed E-state index contributed by atoms with van der Waals surface area (Å²) in [4.78, 5) is 82.4. The Morgan fingerprint density at radius 1 is 1.00 bits per heavy atom. The normalized spacial score (nSPS) is 30.3. The summed E-state index contributed by atoms with van der Waals surface area (Å²) < 4.78 is 5.79. The van der Waals surface area contributed by atoms with E-state index < -0.39 is 64.6 Å². The third-order valence-electron chi connectivity index (χ3n) is 12.6. The van der Waals surface area contributed by atoms with Crippen molar-refractivity contribution in [2.75, 3.05) is 6.54 Å². The SMILES string of the molecule is CC(C)(C)[C@H](NC(=O)NC1(C(=O)OCc2ccccc2)CC2CCC1C2)C(=O)N1C[C@H]2[C@@H]([C@H]1C(=O)NC(CC1CCC1)C(=O)C(N)=O)C2(C)C. The van der Waals surface area contributed by atoms with Crippen molar-refractivity contribution >= 4 is 35.5 Å². The molecule has 12 nitrogen and oxygen atoms in total. The second-order valence-electron chi connectivity index (χ2n) is 17.2. The molecule has 4 aliphatic carbocycles. The summed E-state index contributed by atoms with van der Waals surface area (Å²) in [7, 11) is 0. The lowest BCUT2D eigenvalue weighted by atomic mass is 9.80. The van der Waals surface area contributed by atoms with Crippen LogP contribution in [0.1, 0.15) is 91.5 Å². The lowest BCUT2D eigenvalue weighted by Gasteiger charge is -2.40. The zero-order chi connectivity index (χ0) is 36.2. The Hall–Kier alpha value is -3.96. The van der Waals surface area contributed by atoms with Crippen molar-refractivity contribution in [3.05, 3.63) is 35.9 Å². The molecular formula is C38H53N5O7. The number of carbonyl (C=O) groups is 6. The number of rotatable bonds is 12. The summed E-state index contributed by atoms with van der Waals surface area (Å²) in [5.41, 5.74) is 4.05. The van der Waals surface area contributed by atoms with E-state index in [1.807, 2.05) is 51.1 Å². The number of hydrogen-bond acceptors (Lipinski definition) is 7. The molecule has 4 unspecified atom stereocenters. The molecule has 1 heterocycles. The number of nitrogens with one attached hydrogen (secondary N) is 3. The Kier molecular flexibility index (Phi) is 9.54. The van der Waals surface area contributed by atoms with Gasteiger partial charge in [-0.05, 0) is 78.1 Å². The highest BCUT2D eigenvalue weighted by atomic mass is 16.5. The molecule has 1 aromatic rings. The van der Waals surface area contributed by atoms with Gasteiger partial charge in [0.2, 0.25) is 17.6 Å². The number of ketones is 1. The number of nitrogens with two attached hydrogens (primary N) is 1. The van der Waals surface area contributed by atoms with E-state index >= 15 is 0 Å². The van der Waals surface area contributed by atoms with E-state index in [0.717, 1.165) is 44.1 Å². The standard InChI is InChI=1S/C38H53N5O7/c1-36(2,3)30(41-35(49)42-38(18-23-14-15-24(38)16-23)34(48)50-20-22-10-7-6-8-11-22)33(47)43-19-25-27(37(25,4)5)28(43)32(46)40-26(29(44)31(39)45)17-21-12-9-13-21/h6-8,10-11,21,23-28,30H,9,12-20H2,1-5H3,(H2,39,45)(H,40,46)(H2,41,42,49)/t23?,24?,25-,26?,27-,28-,30+,38?/m0/s1. The van der Waals surface area contributed by atoms with E-state index in [1.54, 1.807) is 0 Å². The molecular weight excluding hydrogens is 638 g/mol. The molecule has 1 aromatic carbocycles. The van der Waals surface area contributed by atoms with Crippen LogP contribution in [-0.2, 0) is 35.3 Å². The van der Waals surface area contributed by atoms with Crippen LogP contribution in [-0.4, -0.2) is 70.6 Å². The van der Waals surface area contributed by atoms with Gasteiger partial charge in [-0.1, -0.05) is 84.2 Å². The van der Waals surface area contributed by atoms with E-state index in [4.69, 9.17) is 10.5 Å². The number of benzene rings is 1. The van der Waals surface area contributed by atoms with Gasteiger partial charge in [-0.3, -0.25) is 19.2 Å². The van der Waals surface area contributed by atoms with Crippen molar-refractivity contribution in [3.63, 3.8) is 0 Å². The molecule has 50 heavy (non-hydrogen) atoms. The fourth-order valence-electron chi connectivity index (χ4n) is 9.36. The first-order valence-electron chi connectivity index (χ1n) is 18.3. The Bertz CT molecular complexity index is 1540. The van der Waals surface area contributed by atoms with Crippen molar-refractivity contribution in [1.82, 2.24) is 20.9 Å². The first kappa shape index (κ1) is 35.9. The van der Waals surface area contributed by atoms with Crippen molar-refractivity contribution in [2.45, 2.75) is 116 Å². The first-order valence-corrected chi connectivity index (χ1v) is 18.3. The number of likely N-dealkylation sites (tertiary alicyclic amines) is 1. The van der Waals surface area contributed by atoms with Crippen LogP contribution in [0, 0.1) is 40.4 Å². The van der Waals surface area contributed by atoms with Gasteiger partial charge in [-0.15, -0.1) is 0 Å². The maximum absolute atomic E-state index is 14.5. The number of primary amides is 1. The Morgan fingerprint density at radius 2 is 1.70 bits per heavy atom. The highest BCUT2D eigenvalue weighted by molar-refractivity contribution is 6.37. The molecule has 4 saturated carbocycles. The van der Waals surface area contributed by atoms with Gasteiger partial charge in [-0.25, -0.2) is 9.59 Å². The molecule has 8 atom stereocenters. The van der Waals surface area contributed by atoms with Crippen LogP contribution in [0.15, 0.2) is 30.3 Å².